The van der Waals surface area contributed by atoms with Gasteiger partial charge in [-0.15, -0.1) is 10.2 Å². The molecule has 1 aliphatic carbocycles. The number of thioether (sulfide) groups is 1. The fraction of sp³-hybridized carbons (Fsp3) is 0.421. The first-order chi connectivity index (χ1) is 12.6. The van der Waals surface area contributed by atoms with E-state index in [1.807, 2.05) is 28.7 Å². The molecule has 26 heavy (non-hydrogen) atoms. The van der Waals surface area contributed by atoms with Crippen molar-refractivity contribution in [3.63, 3.8) is 0 Å². The van der Waals surface area contributed by atoms with E-state index in [-0.39, 0.29) is 11.9 Å². The Balaban J connectivity index is 1.62. The van der Waals surface area contributed by atoms with Gasteiger partial charge >= 0.3 is 0 Å². The van der Waals surface area contributed by atoms with E-state index in [1.165, 1.54) is 24.6 Å². The molecule has 136 valence electrons. The second kappa shape index (κ2) is 6.79. The number of hydrogen-bond acceptors (Lipinski definition) is 5. The van der Waals surface area contributed by atoms with Crippen LogP contribution in [0.4, 0.5) is 0 Å². The third kappa shape index (κ3) is 3.23. The summed E-state index contributed by atoms with van der Waals surface area (Å²) >= 11 is 1.41. The fourth-order valence-corrected chi connectivity index (χ4v) is 4.03. The van der Waals surface area contributed by atoms with E-state index < -0.39 is 0 Å². The first kappa shape index (κ1) is 17.1. The van der Waals surface area contributed by atoms with Crippen molar-refractivity contribution in [1.29, 1.82) is 0 Å². The molecule has 3 aromatic rings. The Morgan fingerprint density at radius 2 is 2.19 bits per heavy atom. The summed E-state index contributed by atoms with van der Waals surface area (Å²) in [5.41, 5.74) is 2.89. The van der Waals surface area contributed by atoms with Gasteiger partial charge < -0.3 is 10.1 Å². The van der Waals surface area contributed by atoms with Gasteiger partial charge in [0, 0.05) is 17.5 Å². The average molecular weight is 370 g/mol. The van der Waals surface area contributed by atoms with Gasteiger partial charge in [-0.3, -0.25) is 9.20 Å². The molecular weight excluding hydrogens is 348 g/mol. The summed E-state index contributed by atoms with van der Waals surface area (Å²) in [4.78, 5) is 12.2. The Hall–Kier alpha value is -2.28. The molecule has 0 bridgehead atoms. The van der Waals surface area contributed by atoms with Gasteiger partial charge in [-0.25, -0.2) is 0 Å². The molecule has 1 aromatic carbocycles. The number of fused-ring (bicyclic) bond motifs is 3. The van der Waals surface area contributed by atoms with E-state index in [1.54, 1.807) is 7.11 Å². The third-order valence-electron chi connectivity index (χ3n) is 4.92. The number of rotatable bonds is 6. The van der Waals surface area contributed by atoms with Crippen molar-refractivity contribution in [2.24, 2.45) is 5.92 Å². The summed E-state index contributed by atoms with van der Waals surface area (Å²) in [6.07, 6.45) is 2.44. The molecule has 1 saturated carbocycles. The van der Waals surface area contributed by atoms with E-state index in [0.29, 0.717) is 16.8 Å². The van der Waals surface area contributed by atoms with Crippen LogP contribution in [0.25, 0.3) is 16.6 Å². The molecule has 4 rings (SSSR count). The lowest BCUT2D eigenvalue weighted by atomic mass is 10.1. The minimum absolute atomic E-state index is 0.0418. The number of aryl methyl sites for hydroxylation is 1. The van der Waals surface area contributed by atoms with Crippen LogP contribution in [0.5, 0.6) is 5.75 Å². The lowest BCUT2D eigenvalue weighted by Crippen LogP contribution is -2.35. The number of carbonyl (C=O) groups is 1. The molecule has 1 unspecified atom stereocenters. The molecule has 1 aliphatic rings. The Bertz CT molecular complexity index is 980. The Morgan fingerprint density at radius 3 is 2.92 bits per heavy atom. The summed E-state index contributed by atoms with van der Waals surface area (Å²) in [6.45, 7) is 4.14. The number of hydrogen-bond donors (Lipinski definition) is 1. The van der Waals surface area contributed by atoms with E-state index >= 15 is 0 Å². The molecule has 0 spiro atoms. The third-order valence-corrected chi connectivity index (χ3v) is 5.85. The maximum Gasteiger partial charge on any atom is 0.230 e. The highest BCUT2D eigenvalue weighted by Gasteiger charge is 2.28. The van der Waals surface area contributed by atoms with Crippen molar-refractivity contribution in [3.8, 4) is 5.75 Å². The number of benzene rings is 1. The summed E-state index contributed by atoms with van der Waals surface area (Å²) in [6, 6.07) is 8.25. The molecule has 0 radical (unpaired) electrons. The van der Waals surface area contributed by atoms with Crippen LogP contribution in [0.3, 0.4) is 0 Å². The fourth-order valence-electron chi connectivity index (χ4n) is 3.26. The molecule has 1 atom stereocenters. The average Bonchev–Trinajstić information content (AvgIpc) is 3.41. The Morgan fingerprint density at radius 1 is 1.38 bits per heavy atom. The van der Waals surface area contributed by atoms with Crippen LogP contribution in [0.1, 0.15) is 25.3 Å². The highest BCUT2D eigenvalue weighted by molar-refractivity contribution is 7.99. The monoisotopic (exact) mass is 370 g/mol. The molecule has 1 fully saturated rings. The molecule has 7 heteroatoms. The zero-order chi connectivity index (χ0) is 18.3. The summed E-state index contributed by atoms with van der Waals surface area (Å²) < 4.78 is 7.37. The number of carbonyl (C=O) groups excluding carboxylic acids is 1. The predicted molar refractivity (Wildman–Crippen MR) is 103 cm³/mol. The molecule has 2 aromatic heterocycles. The normalized spacial score (nSPS) is 15.3. The molecule has 0 saturated heterocycles. The smallest absolute Gasteiger partial charge is 0.230 e. The molecule has 6 nitrogen and oxygen atoms in total. The van der Waals surface area contributed by atoms with Gasteiger partial charge in [0.15, 0.2) is 10.8 Å². The standard InChI is InChI=1S/C19H22N4O2S/c1-11-8-17-21-22-19(26-10-18(24)20-12(2)13-4-5-13)23(17)16-9-14(25-3)6-7-15(11)16/h6-9,12-13H,4-5,10H2,1-3H3,(H,20,24). The van der Waals surface area contributed by atoms with Crippen molar-refractivity contribution in [3.05, 3.63) is 29.8 Å². The first-order valence-corrected chi connectivity index (χ1v) is 9.80. The van der Waals surface area contributed by atoms with Gasteiger partial charge in [-0.1, -0.05) is 11.8 Å². The first-order valence-electron chi connectivity index (χ1n) is 8.81. The van der Waals surface area contributed by atoms with Crippen molar-refractivity contribution >= 4 is 34.2 Å². The Labute approximate surface area is 156 Å². The second-order valence-electron chi connectivity index (χ2n) is 6.87. The van der Waals surface area contributed by atoms with Crippen molar-refractivity contribution < 1.29 is 9.53 Å². The van der Waals surface area contributed by atoms with Gasteiger partial charge in [-0.2, -0.15) is 0 Å². The van der Waals surface area contributed by atoms with Crippen molar-refractivity contribution in [2.45, 2.75) is 37.9 Å². The van der Waals surface area contributed by atoms with Gasteiger partial charge in [0.2, 0.25) is 5.91 Å². The predicted octanol–water partition coefficient (Wildman–Crippen LogP) is 3.21. The molecule has 1 N–H and O–H groups in total. The minimum atomic E-state index is 0.0418. The summed E-state index contributed by atoms with van der Waals surface area (Å²) in [5, 5.41) is 13.5. The van der Waals surface area contributed by atoms with Gasteiger partial charge in [-0.05, 0) is 56.4 Å². The zero-order valence-electron chi connectivity index (χ0n) is 15.2. The van der Waals surface area contributed by atoms with Gasteiger partial charge in [0.05, 0.1) is 18.4 Å². The Kier molecular flexibility index (Phi) is 4.48. The number of methoxy groups -OCH3 is 1. The van der Waals surface area contributed by atoms with Gasteiger partial charge in [0.1, 0.15) is 5.75 Å². The number of ether oxygens (including phenoxy) is 1. The summed E-state index contributed by atoms with van der Waals surface area (Å²) in [5.74, 6) is 1.81. The van der Waals surface area contributed by atoms with Crippen LogP contribution in [0, 0.1) is 12.8 Å². The number of nitrogens with zero attached hydrogens (tertiary/aromatic N) is 3. The van der Waals surface area contributed by atoms with Crippen LogP contribution >= 0.6 is 11.8 Å². The van der Waals surface area contributed by atoms with Crippen LogP contribution in [0.2, 0.25) is 0 Å². The van der Waals surface area contributed by atoms with E-state index in [0.717, 1.165) is 27.9 Å². The lowest BCUT2D eigenvalue weighted by Gasteiger charge is -2.12. The summed E-state index contributed by atoms with van der Waals surface area (Å²) in [7, 11) is 1.65. The van der Waals surface area contributed by atoms with Crippen LogP contribution < -0.4 is 10.1 Å². The molecule has 0 aliphatic heterocycles. The maximum atomic E-state index is 12.2. The molecular formula is C19H22N4O2S. The van der Waals surface area contributed by atoms with Crippen LogP contribution in [-0.2, 0) is 4.79 Å². The second-order valence-corrected chi connectivity index (χ2v) is 7.81. The highest BCUT2D eigenvalue weighted by atomic mass is 32.2. The lowest BCUT2D eigenvalue weighted by molar-refractivity contribution is -0.119. The van der Waals surface area contributed by atoms with Crippen molar-refractivity contribution in [2.75, 3.05) is 12.9 Å². The largest absolute Gasteiger partial charge is 0.497 e. The molecule has 2 heterocycles. The van der Waals surface area contributed by atoms with E-state index in [2.05, 4.69) is 29.4 Å². The maximum absolute atomic E-state index is 12.2. The van der Waals surface area contributed by atoms with Gasteiger partial charge in [0.25, 0.3) is 0 Å². The van der Waals surface area contributed by atoms with Crippen LogP contribution in [-0.4, -0.2) is 39.4 Å². The molecule has 1 amide bonds. The zero-order valence-corrected chi connectivity index (χ0v) is 16.0. The SMILES string of the molecule is COc1ccc2c(C)cc3nnc(SCC(=O)NC(C)C4CC4)n3c2c1. The quantitative estimate of drug-likeness (QED) is 0.675. The van der Waals surface area contributed by atoms with E-state index in [9.17, 15) is 4.79 Å². The van der Waals surface area contributed by atoms with Crippen LogP contribution in [0.15, 0.2) is 29.4 Å². The number of aromatic nitrogens is 3. The topological polar surface area (TPSA) is 68.5 Å². The van der Waals surface area contributed by atoms with E-state index in [4.69, 9.17) is 4.74 Å². The highest BCUT2D eigenvalue weighted by Crippen LogP contribution is 2.32. The number of amides is 1. The number of nitrogens with one attached hydrogen (secondary N) is 1. The number of pyridine rings is 1. The van der Waals surface area contributed by atoms with Crippen molar-refractivity contribution in [1.82, 2.24) is 19.9 Å². The minimum Gasteiger partial charge on any atom is -0.497 e.